The average Bonchev–Trinajstić information content (AvgIpc) is 2.75. The quantitative estimate of drug-likeness (QED) is 0.807. The SMILES string of the molecule is CCCNCc1csc(N2CCCC(C(C)C)CC2)n1. The molecule has 0 saturated carbocycles. The molecule has 4 heteroatoms. The predicted octanol–water partition coefficient (Wildman–Crippen LogP) is 3.91. The van der Waals surface area contributed by atoms with Crippen LogP contribution < -0.4 is 10.2 Å². The largest absolute Gasteiger partial charge is 0.348 e. The molecule has 2 rings (SSSR count). The van der Waals surface area contributed by atoms with Crippen LogP contribution in [-0.2, 0) is 6.54 Å². The van der Waals surface area contributed by atoms with Gasteiger partial charge in [0, 0.05) is 25.0 Å². The Balaban J connectivity index is 1.88. The smallest absolute Gasteiger partial charge is 0.185 e. The number of aromatic nitrogens is 1. The van der Waals surface area contributed by atoms with E-state index in [-0.39, 0.29) is 0 Å². The van der Waals surface area contributed by atoms with Gasteiger partial charge >= 0.3 is 0 Å². The Morgan fingerprint density at radius 3 is 3.00 bits per heavy atom. The third kappa shape index (κ3) is 4.45. The fraction of sp³-hybridized carbons (Fsp3) is 0.812. The van der Waals surface area contributed by atoms with Gasteiger partial charge in [-0.3, -0.25) is 0 Å². The monoisotopic (exact) mass is 295 g/mol. The molecule has 2 heterocycles. The lowest BCUT2D eigenvalue weighted by Gasteiger charge is -2.20. The van der Waals surface area contributed by atoms with Crippen LogP contribution in [0.4, 0.5) is 5.13 Å². The summed E-state index contributed by atoms with van der Waals surface area (Å²) in [6.07, 6.45) is 5.19. The average molecular weight is 295 g/mol. The summed E-state index contributed by atoms with van der Waals surface area (Å²) < 4.78 is 0. The molecular weight excluding hydrogens is 266 g/mol. The highest BCUT2D eigenvalue weighted by atomic mass is 32.1. The lowest BCUT2D eigenvalue weighted by atomic mass is 9.89. The molecule has 0 aliphatic carbocycles. The van der Waals surface area contributed by atoms with Crippen LogP contribution in [-0.4, -0.2) is 24.6 Å². The number of rotatable bonds is 6. The van der Waals surface area contributed by atoms with Crippen molar-refractivity contribution in [2.45, 2.75) is 53.0 Å². The number of anilines is 1. The molecule has 1 N–H and O–H groups in total. The van der Waals surface area contributed by atoms with Gasteiger partial charge < -0.3 is 10.2 Å². The number of nitrogens with zero attached hydrogens (tertiary/aromatic N) is 2. The third-order valence-corrected chi connectivity index (χ3v) is 5.21. The summed E-state index contributed by atoms with van der Waals surface area (Å²) in [5, 5.41) is 6.86. The van der Waals surface area contributed by atoms with Gasteiger partial charge in [0.2, 0.25) is 0 Å². The number of hydrogen-bond donors (Lipinski definition) is 1. The summed E-state index contributed by atoms with van der Waals surface area (Å²) in [6.45, 7) is 11.3. The van der Waals surface area contributed by atoms with Crippen molar-refractivity contribution in [3.05, 3.63) is 11.1 Å². The molecule has 20 heavy (non-hydrogen) atoms. The van der Waals surface area contributed by atoms with Gasteiger partial charge in [0.1, 0.15) is 0 Å². The molecule has 1 saturated heterocycles. The van der Waals surface area contributed by atoms with Crippen molar-refractivity contribution < 1.29 is 0 Å². The first-order valence-electron chi connectivity index (χ1n) is 8.10. The molecule has 0 radical (unpaired) electrons. The Bertz CT molecular complexity index is 389. The maximum atomic E-state index is 4.80. The van der Waals surface area contributed by atoms with Crippen LogP contribution in [0, 0.1) is 11.8 Å². The molecule has 0 bridgehead atoms. The van der Waals surface area contributed by atoms with Crippen molar-refractivity contribution >= 4 is 16.5 Å². The standard InChI is InChI=1S/C16H29N3S/c1-4-8-17-11-15-12-20-16(18-15)19-9-5-6-14(7-10-19)13(2)3/h12-14,17H,4-11H2,1-3H3. The van der Waals surface area contributed by atoms with Crippen molar-refractivity contribution in [3.8, 4) is 0 Å². The zero-order valence-corrected chi connectivity index (χ0v) is 14.0. The fourth-order valence-electron chi connectivity index (χ4n) is 2.90. The molecule has 114 valence electrons. The van der Waals surface area contributed by atoms with Crippen molar-refractivity contribution in [1.82, 2.24) is 10.3 Å². The Morgan fingerprint density at radius 2 is 2.25 bits per heavy atom. The van der Waals surface area contributed by atoms with E-state index in [1.54, 1.807) is 0 Å². The van der Waals surface area contributed by atoms with Crippen LogP contribution >= 0.6 is 11.3 Å². The Hall–Kier alpha value is -0.610. The maximum Gasteiger partial charge on any atom is 0.185 e. The highest BCUT2D eigenvalue weighted by Crippen LogP contribution is 2.28. The molecule has 1 unspecified atom stereocenters. The molecule has 0 amide bonds. The van der Waals surface area contributed by atoms with Gasteiger partial charge in [-0.25, -0.2) is 4.98 Å². The first kappa shape index (κ1) is 15.8. The molecule has 0 aromatic carbocycles. The topological polar surface area (TPSA) is 28.2 Å². The summed E-state index contributed by atoms with van der Waals surface area (Å²) in [6, 6.07) is 0. The minimum absolute atomic E-state index is 0.819. The second kappa shape index (κ2) is 7.99. The van der Waals surface area contributed by atoms with Gasteiger partial charge in [0.15, 0.2) is 5.13 Å². The Kier molecular flexibility index (Phi) is 6.30. The van der Waals surface area contributed by atoms with Crippen molar-refractivity contribution in [3.63, 3.8) is 0 Å². The molecule has 1 aliphatic rings. The van der Waals surface area contributed by atoms with Gasteiger partial charge in [-0.2, -0.15) is 0 Å². The van der Waals surface area contributed by atoms with E-state index in [1.807, 2.05) is 11.3 Å². The molecule has 1 fully saturated rings. The van der Waals surface area contributed by atoms with Crippen LogP contribution in [0.2, 0.25) is 0 Å². The van der Waals surface area contributed by atoms with Crippen molar-refractivity contribution in [2.24, 2.45) is 11.8 Å². The molecule has 1 aliphatic heterocycles. The van der Waals surface area contributed by atoms with Crippen LogP contribution in [0.5, 0.6) is 0 Å². The summed E-state index contributed by atoms with van der Waals surface area (Å²) in [7, 11) is 0. The van der Waals surface area contributed by atoms with E-state index >= 15 is 0 Å². The molecule has 1 aromatic heterocycles. The van der Waals surface area contributed by atoms with Crippen LogP contribution in [0.1, 0.15) is 52.1 Å². The summed E-state index contributed by atoms with van der Waals surface area (Å²) >= 11 is 1.81. The first-order chi connectivity index (χ1) is 9.70. The van der Waals surface area contributed by atoms with E-state index in [0.717, 1.165) is 24.9 Å². The zero-order chi connectivity index (χ0) is 14.4. The Morgan fingerprint density at radius 1 is 1.40 bits per heavy atom. The molecule has 0 spiro atoms. The van der Waals surface area contributed by atoms with E-state index in [0.29, 0.717) is 0 Å². The molecular formula is C16H29N3S. The summed E-state index contributed by atoms with van der Waals surface area (Å²) in [5.74, 6) is 1.71. The minimum Gasteiger partial charge on any atom is -0.348 e. The minimum atomic E-state index is 0.819. The normalized spacial score (nSPS) is 20.4. The van der Waals surface area contributed by atoms with Crippen molar-refractivity contribution in [1.29, 1.82) is 0 Å². The Labute approximate surface area is 127 Å². The number of nitrogens with one attached hydrogen (secondary N) is 1. The van der Waals surface area contributed by atoms with Crippen LogP contribution in [0.3, 0.4) is 0 Å². The van der Waals surface area contributed by atoms with E-state index in [1.165, 1.54) is 49.6 Å². The van der Waals surface area contributed by atoms with Crippen LogP contribution in [0.25, 0.3) is 0 Å². The van der Waals surface area contributed by atoms with E-state index in [4.69, 9.17) is 4.98 Å². The molecule has 3 nitrogen and oxygen atoms in total. The van der Waals surface area contributed by atoms with E-state index in [9.17, 15) is 0 Å². The third-order valence-electron chi connectivity index (χ3n) is 4.26. The van der Waals surface area contributed by atoms with Gasteiger partial charge in [0.25, 0.3) is 0 Å². The van der Waals surface area contributed by atoms with Gasteiger partial charge in [0.05, 0.1) is 5.69 Å². The fourth-order valence-corrected chi connectivity index (χ4v) is 3.78. The van der Waals surface area contributed by atoms with Gasteiger partial charge in [-0.1, -0.05) is 20.8 Å². The van der Waals surface area contributed by atoms with Crippen molar-refractivity contribution in [2.75, 3.05) is 24.5 Å². The molecule has 1 aromatic rings. The van der Waals surface area contributed by atoms with Gasteiger partial charge in [-0.05, 0) is 44.1 Å². The van der Waals surface area contributed by atoms with E-state index < -0.39 is 0 Å². The zero-order valence-electron chi connectivity index (χ0n) is 13.2. The lowest BCUT2D eigenvalue weighted by Crippen LogP contribution is -2.24. The second-order valence-corrected chi connectivity index (χ2v) is 7.06. The van der Waals surface area contributed by atoms with Gasteiger partial charge in [-0.15, -0.1) is 11.3 Å². The summed E-state index contributed by atoms with van der Waals surface area (Å²) in [4.78, 5) is 7.30. The highest BCUT2D eigenvalue weighted by molar-refractivity contribution is 7.13. The predicted molar refractivity (Wildman–Crippen MR) is 88.5 cm³/mol. The summed E-state index contributed by atoms with van der Waals surface area (Å²) in [5.41, 5.74) is 1.20. The highest BCUT2D eigenvalue weighted by Gasteiger charge is 2.21. The lowest BCUT2D eigenvalue weighted by molar-refractivity contribution is 0.351. The number of hydrogen-bond acceptors (Lipinski definition) is 4. The first-order valence-corrected chi connectivity index (χ1v) is 8.98. The van der Waals surface area contributed by atoms with E-state index in [2.05, 4.69) is 36.4 Å². The number of thiazole rings is 1. The molecule has 1 atom stereocenters. The maximum absolute atomic E-state index is 4.80. The second-order valence-electron chi connectivity index (χ2n) is 6.22. The van der Waals surface area contributed by atoms with Crippen LogP contribution in [0.15, 0.2) is 5.38 Å².